The van der Waals surface area contributed by atoms with E-state index < -0.39 is 0 Å². The van der Waals surface area contributed by atoms with Gasteiger partial charge in [-0.2, -0.15) is 0 Å². The summed E-state index contributed by atoms with van der Waals surface area (Å²) < 4.78 is 10.1. The van der Waals surface area contributed by atoms with Crippen molar-refractivity contribution in [1.82, 2.24) is 0 Å². The number of ketones is 1. The normalized spacial score (nSPS) is 38.1. The molecule has 0 N–H and O–H groups in total. The first-order valence-electron chi connectivity index (χ1n) is 3.67. The molecular weight excluding hydrogens is 163 g/mol. The Kier molecular flexibility index (Phi) is 2.99. The molecule has 64 valence electrons. The first-order chi connectivity index (χ1) is 5.16. The average molecular weight is 176 g/mol. The van der Waals surface area contributed by atoms with E-state index in [4.69, 9.17) is 9.26 Å². The summed E-state index contributed by atoms with van der Waals surface area (Å²) in [6.07, 6.45) is -0.315. The minimum atomic E-state index is -0.350. The third-order valence-corrected chi connectivity index (χ3v) is 2.29. The van der Waals surface area contributed by atoms with Crippen molar-refractivity contribution in [1.29, 1.82) is 0 Å². The maximum absolute atomic E-state index is 11.3. The van der Waals surface area contributed by atoms with Crippen LogP contribution in [0.3, 0.4) is 0 Å². The standard InChI is InChI=1S/C7H13O3P/c1-4-5(2)10-6(3-9-11)7(4)8/h4-6H,3,11H2,1-2H3/t4-,5+,6-/m1/s1. The zero-order valence-corrected chi connectivity index (χ0v) is 7.90. The van der Waals surface area contributed by atoms with Crippen LogP contribution >= 0.6 is 9.47 Å². The van der Waals surface area contributed by atoms with Gasteiger partial charge >= 0.3 is 0 Å². The van der Waals surface area contributed by atoms with Crippen molar-refractivity contribution in [2.45, 2.75) is 26.1 Å². The lowest BCUT2D eigenvalue weighted by Gasteiger charge is -2.06. The third-order valence-electron chi connectivity index (χ3n) is 2.10. The molecule has 0 amide bonds. The molecule has 4 atom stereocenters. The Hall–Kier alpha value is 0.0200. The molecule has 1 rings (SSSR count). The minimum absolute atomic E-state index is 0.0140. The molecule has 0 saturated carbocycles. The highest BCUT2D eigenvalue weighted by atomic mass is 31.0. The summed E-state index contributed by atoms with van der Waals surface area (Å²) in [5.74, 6) is 0.167. The van der Waals surface area contributed by atoms with Crippen LogP contribution in [0.2, 0.25) is 0 Å². The highest BCUT2D eigenvalue weighted by Crippen LogP contribution is 2.22. The molecule has 0 aromatic carbocycles. The Labute approximate surface area is 68.7 Å². The molecular formula is C7H13O3P. The fourth-order valence-corrected chi connectivity index (χ4v) is 1.35. The predicted molar refractivity (Wildman–Crippen MR) is 44.2 cm³/mol. The Morgan fingerprint density at radius 3 is 2.64 bits per heavy atom. The Morgan fingerprint density at radius 1 is 1.64 bits per heavy atom. The summed E-state index contributed by atoms with van der Waals surface area (Å²) in [5.41, 5.74) is 0. The second-order valence-electron chi connectivity index (χ2n) is 2.85. The zero-order valence-electron chi connectivity index (χ0n) is 6.74. The summed E-state index contributed by atoms with van der Waals surface area (Å²) in [5, 5.41) is 0. The maximum Gasteiger partial charge on any atom is 0.169 e. The second kappa shape index (κ2) is 3.61. The Morgan fingerprint density at radius 2 is 2.27 bits per heavy atom. The molecule has 1 saturated heterocycles. The van der Waals surface area contributed by atoms with Gasteiger partial charge in [0.15, 0.2) is 5.78 Å². The molecule has 1 aliphatic rings. The van der Waals surface area contributed by atoms with Crippen molar-refractivity contribution in [3.8, 4) is 0 Å². The van der Waals surface area contributed by atoms with Crippen molar-refractivity contribution in [2.75, 3.05) is 6.61 Å². The Balaban J connectivity index is 2.52. The van der Waals surface area contributed by atoms with E-state index in [9.17, 15) is 4.79 Å². The van der Waals surface area contributed by atoms with Gasteiger partial charge in [0.05, 0.1) is 12.7 Å². The fourth-order valence-electron chi connectivity index (χ4n) is 1.18. The molecule has 11 heavy (non-hydrogen) atoms. The Bertz CT molecular complexity index is 160. The molecule has 0 aliphatic carbocycles. The van der Waals surface area contributed by atoms with Gasteiger partial charge in [-0.25, -0.2) is 0 Å². The molecule has 1 heterocycles. The lowest BCUT2D eigenvalue weighted by Crippen LogP contribution is -2.22. The second-order valence-corrected chi connectivity index (χ2v) is 3.19. The van der Waals surface area contributed by atoms with E-state index in [1.807, 2.05) is 13.8 Å². The van der Waals surface area contributed by atoms with Gasteiger partial charge < -0.3 is 9.26 Å². The summed E-state index contributed by atoms with van der Waals surface area (Å²) >= 11 is 0. The summed E-state index contributed by atoms with van der Waals surface area (Å²) in [6.45, 7) is 4.14. The number of hydrogen-bond donors (Lipinski definition) is 0. The van der Waals surface area contributed by atoms with E-state index >= 15 is 0 Å². The van der Waals surface area contributed by atoms with Crippen molar-refractivity contribution in [2.24, 2.45) is 5.92 Å². The molecule has 0 bridgehead atoms. The lowest BCUT2D eigenvalue weighted by atomic mass is 10.0. The number of rotatable bonds is 2. The van der Waals surface area contributed by atoms with Gasteiger partial charge in [-0.05, 0) is 6.92 Å². The summed E-state index contributed by atoms with van der Waals surface area (Å²) in [6, 6.07) is 0. The number of carbonyl (C=O) groups excluding carboxylic acids is 1. The van der Waals surface area contributed by atoms with Crippen LogP contribution in [-0.2, 0) is 14.1 Å². The monoisotopic (exact) mass is 176 g/mol. The SMILES string of the molecule is C[C@@H]1O[C@H](COP)C(=O)[C@@H]1C. The summed E-state index contributed by atoms with van der Waals surface area (Å²) in [7, 11) is 2.12. The van der Waals surface area contributed by atoms with E-state index in [-0.39, 0.29) is 23.9 Å². The van der Waals surface area contributed by atoms with E-state index in [0.29, 0.717) is 6.61 Å². The first kappa shape index (κ1) is 9.11. The van der Waals surface area contributed by atoms with Crippen LogP contribution in [-0.4, -0.2) is 24.6 Å². The minimum Gasteiger partial charge on any atom is -0.364 e. The zero-order chi connectivity index (χ0) is 8.43. The number of hydrogen-bond acceptors (Lipinski definition) is 3. The van der Waals surface area contributed by atoms with E-state index in [2.05, 4.69) is 9.47 Å². The molecule has 0 radical (unpaired) electrons. The van der Waals surface area contributed by atoms with Crippen molar-refractivity contribution in [3.05, 3.63) is 0 Å². The van der Waals surface area contributed by atoms with Crippen LogP contribution in [0.5, 0.6) is 0 Å². The van der Waals surface area contributed by atoms with Gasteiger partial charge in [0.1, 0.15) is 6.10 Å². The van der Waals surface area contributed by atoms with E-state index in [1.165, 1.54) is 0 Å². The maximum atomic E-state index is 11.3. The predicted octanol–water partition coefficient (Wildman–Crippen LogP) is 0.786. The van der Waals surface area contributed by atoms with Crippen LogP contribution in [0.1, 0.15) is 13.8 Å². The lowest BCUT2D eigenvalue weighted by molar-refractivity contribution is -0.125. The number of ether oxygens (including phenoxy) is 1. The molecule has 0 spiro atoms. The van der Waals surface area contributed by atoms with E-state index in [1.54, 1.807) is 0 Å². The van der Waals surface area contributed by atoms with Gasteiger partial charge in [-0.15, -0.1) is 0 Å². The first-order valence-corrected chi connectivity index (χ1v) is 4.14. The van der Waals surface area contributed by atoms with Crippen LogP contribution < -0.4 is 0 Å². The highest BCUT2D eigenvalue weighted by Gasteiger charge is 2.37. The topological polar surface area (TPSA) is 35.5 Å². The van der Waals surface area contributed by atoms with Crippen LogP contribution in [0.25, 0.3) is 0 Å². The van der Waals surface area contributed by atoms with Gasteiger partial charge in [0.2, 0.25) is 0 Å². The number of Topliss-reactive ketones (excluding diaryl/α,β-unsaturated/α-hetero) is 1. The van der Waals surface area contributed by atoms with Crippen LogP contribution in [0, 0.1) is 5.92 Å². The van der Waals surface area contributed by atoms with Gasteiger partial charge in [-0.1, -0.05) is 6.92 Å². The van der Waals surface area contributed by atoms with Crippen molar-refractivity contribution in [3.63, 3.8) is 0 Å². The van der Waals surface area contributed by atoms with Crippen molar-refractivity contribution < 1.29 is 14.1 Å². The average Bonchev–Trinajstić information content (AvgIpc) is 2.19. The van der Waals surface area contributed by atoms with Crippen molar-refractivity contribution >= 4 is 15.2 Å². The van der Waals surface area contributed by atoms with Gasteiger partial charge in [0, 0.05) is 15.4 Å². The quantitative estimate of drug-likeness (QED) is 0.583. The van der Waals surface area contributed by atoms with Gasteiger partial charge in [0.25, 0.3) is 0 Å². The van der Waals surface area contributed by atoms with Crippen LogP contribution in [0.15, 0.2) is 0 Å². The van der Waals surface area contributed by atoms with Crippen LogP contribution in [0.4, 0.5) is 0 Å². The van der Waals surface area contributed by atoms with Gasteiger partial charge in [-0.3, -0.25) is 4.79 Å². The highest BCUT2D eigenvalue weighted by molar-refractivity contribution is 7.09. The molecule has 3 nitrogen and oxygen atoms in total. The molecule has 4 heteroatoms. The fraction of sp³-hybridized carbons (Fsp3) is 0.857. The smallest absolute Gasteiger partial charge is 0.169 e. The molecule has 1 aliphatic heterocycles. The third kappa shape index (κ3) is 1.78. The largest absolute Gasteiger partial charge is 0.364 e. The number of carbonyl (C=O) groups is 1. The summed E-state index contributed by atoms with van der Waals surface area (Å²) in [4.78, 5) is 11.3. The molecule has 1 fully saturated rings. The molecule has 0 aromatic rings. The molecule has 1 unspecified atom stereocenters. The molecule has 0 aromatic heterocycles. The van der Waals surface area contributed by atoms with E-state index in [0.717, 1.165) is 0 Å².